The molecule has 5 nitrogen and oxygen atoms in total. The zero-order valence-electron chi connectivity index (χ0n) is 9.83. The molecule has 0 amide bonds. The first-order chi connectivity index (χ1) is 7.57. The minimum atomic E-state index is 0.0638. The molecule has 1 aromatic rings. The van der Waals surface area contributed by atoms with Crippen molar-refractivity contribution in [3.05, 3.63) is 18.3 Å². The van der Waals surface area contributed by atoms with E-state index in [9.17, 15) is 0 Å². The summed E-state index contributed by atoms with van der Waals surface area (Å²) >= 11 is 0. The average Bonchev–Trinajstić information content (AvgIpc) is 2.27. The van der Waals surface area contributed by atoms with Crippen LogP contribution in [0, 0.1) is 5.41 Å². The van der Waals surface area contributed by atoms with E-state index in [1.807, 2.05) is 12.1 Å². The molecule has 1 aromatic heterocycles. The van der Waals surface area contributed by atoms with Gasteiger partial charge in [0.05, 0.1) is 0 Å². The molecule has 0 unspecified atom stereocenters. The van der Waals surface area contributed by atoms with Crippen LogP contribution in [0.2, 0.25) is 0 Å². The first kappa shape index (κ1) is 12.7. The van der Waals surface area contributed by atoms with E-state index in [1.54, 1.807) is 6.20 Å². The van der Waals surface area contributed by atoms with E-state index in [0.29, 0.717) is 5.82 Å². The van der Waals surface area contributed by atoms with E-state index in [0.717, 1.165) is 18.7 Å². The van der Waals surface area contributed by atoms with Gasteiger partial charge in [0, 0.05) is 31.1 Å². The molecule has 5 heteroatoms. The minimum absolute atomic E-state index is 0.0638. The number of pyridine rings is 1. The smallest absolute Gasteiger partial charge is 0.141 e. The van der Waals surface area contributed by atoms with Crippen LogP contribution in [0.1, 0.15) is 20.3 Å². The largest absolute Gasteiger partial charge is 0.396 e. The molecular formula is C11H20N4O. The summed E-state index contributed by atoms with van der Waals surface area (Å²) in [5.41, 5.74) is 3.53. The zero-order chi connectivity index (χ0) is 12.0. The molecule has 16 heavy (non-hydrogen) atoms. The number of anilines is 2. The summed E-state index contributed by atoms with van der Waals surface area (Å²) in [7, 11) is 0. The number of nitrogens with one attached hydrogen (secondary N) is 2. The van der Waals surface area contributed by atoms with E-state index < -0.39 is 0 Å². The van der Waals surface area contributed by atoms with Crippen LogP contribution in [0.25, 0.3) is 0 Å². The van der Waals surface area contributed by atoms with Crippen LogP contribution in [-0.2, 0) is 0 Å². The first-order valence-electron chi connectivity index (χ1n) is 5.35. The number of nitrogens with two attached hydrogens (primary N) is 1. The second-order valence-electron chi connectivity index (χ2n) is 4.57. The summed E-state index contributed by atoms with van der Waals surface area (Å²) < 4.78 is 0. The number of aliphatic hydroxyl groups is 1. The van der Waals surface area contributed by atoms with E-state index in [4.69, 9.17) is 10.9 Å². The lowest BCUT2D eigenvalue weighted by Crippen LogP contribution is -2.24. The Kier molecular flexibility index (Phi) is 4.52. The fourth-order valence-electron chi connectivity index (χ4n) is 1.35. The number of aromatic nitrogens is 1. The molecule has 0 fully saturated rings. The van der Waals surface area contributed by atoms with Crippen LogP contribution in [0.15, 0.2) is 18.3 Å². The summed E-state index contributed by atoms with van der Waals surface area (Å²) in [4.78, 5) is 4.02. The van der Waals surface area contributed by atoms with Gasteiger partial charge in [-0.25, -0.2) is 10.8 Å². The van der Waals surface area contributed by atoms with E-state index in [1.165, 1.54) is 0 Å². The van der Waals surface area contributed by atoms with Crippen molar-refractivity contribution in [1.82, 2.24) is 4.98 Å². The molecule has 0 bridgehead atoms. The minimum Gasteiger partial charge on any atom is -0.396 e. The molecule has 0 radical (unpaired) electrons. The Labute approximate surface area is 96.0 Å². The van der Waals surface area contributed by atoms with Gasteiger partial charge in [0.25, 0.3) is 0 Å². The highest BCUT2D eigenvalue weighted by Gasteiger charge is 2.16. The molecule has 0 atom stereocenters. The van der Waals surface area contributed by atoms with Crippen molar-refractivity contribution in [2.75, 3.05) is 23.9 Å². The van der Waals surface area contributed by atoms with E-state index >= 15 is 0 Å². The third-order valence-electron chi connectivity index (χ3n) is 2.47. The SMILES string of the molecule is CC(C)(CCO)CNc1ccnc(NN)c1. The summed E-state index contributed by atoms with van der Waals surface area (Å²) in [5, 5.41) is 12.2. The Hall–Kier alpha value is -1.33. The lowest BCUT2D eigenvalue weighted by atomic mass is 9.90. The number of nitrogen functional groups attached to an aromatic ring is 1. The summed E-state index contributed by atoms with van der Waals surface area (Å²) in [6.07, 6.45) is 2.46. The summed E-state index contributed by atoms with van der Waals surface area (Å²) in [6, 6.07) is 3.73. The van der Waals surface area contributed by atoms with Crippen molar-refractivity contribution >= 4 is 11.5 Å². The Morgan fingerprint density at radius 3 is 2.88 bits per heavy atom. The fourth-order valence-corrected chi connectivity index (χ4v) is 1.35. The van der Waals surface area contributed by atoms with Gasteiger partial charge in [0.2, 0.25) is 0 Å². The number of hydrogen-bond donors (Lipinski definition) is 4. The van der Waals surface area contributed by atoms with Gasteiger partial charge in [-0.1, -0.05) is 13.8 Å². The molecule has 0 saturated heterocycles. The van der Waals surface area contributed by atoms with Gasteiger partial charge in [-0.3, -0.25) is 0 Å². The van der Waals surface area contributed by atoms with Crippen molar-refractivity contribution in [3.8, 4) is 0 Å². The maximum Gasteiger partial charge on any atom is 0.141 e. The molecule has 0 saturated carbocycles. The summed E-state index contributed by atoms with van der Waals surface area (Å²) in [6.45, 7) is 5.22. The van der Waals surface area contributed by atoms with Gasteiger partial charge in [-0.15, -0.1) is 0 Å². The lowest BCUT2D eigenvalue weighted by Gasteiger charge is -2.24. The quantitative estimate of drug-likeness (QED) is 0.431. The highest BCUT2D eigenvalue weighted by atomic mass is 16.3. The number of hydrazine groups is 1. The van der Waals surface area contributed by atoms with E-state index in [2.05, 4.69) is 29.6 Å². The number of nitrogens with zero attached hydrogens (tertiary/aromatic N) is 1. The fraction of sp³-hybridized carbons (Fsp3) is 0.545. The van der Waals surface area contributed by atoms with Crippen LogP contribution in [0.4, 0.5) is 11.5 Å². The molecule has 0 aliphatic carbocycles. The molecule has 90 valence electrons. The van der Waals surface area contributed by atoms with Crippen LogP contribution < -0.4 is 16.6 Å². The van der Waals surface area contributed by atoms with Crippen molar-refractivity contribution in [2.24, 2.45) is 11.3 Å². The maximum atomic E-state index is 8.92. The number of rotatable bonds is 6. The number of hydrogen-bond acceptors (Lipinski definition) is 5. The highest BCUT2D eigenvalue weighted by molar-refractivity contribution is 5.51. The van der Waals surface area contributed by atoms with Gasteiger partial charge in [0.1, 0.15) is 5.82 Å². The Balaban J connectivity index is 2.53. The van der Waals surface area contributed by atoms with Gasteiger partial charge in [-0.2, -0.15) is 0 Å². The van der Waals surface area contributed by atoms with Gasteiger partial charge >= 0.3 is 0 Å². The molecule has 5 N–H and O–H groups in total. The summed E-state index contributed by atoms with van der Waals surface area (Å²) in [5.74, 6) is 5.90. The Morgan fingerprint density at radius 1 is 1.50 bits per heavy atom. The van der Waals surface area contributed by atoms with Crippen molar-refractivity contribution in [2.45, 2.75) is 20.3 Å². The van der Waals surface area contributed by atoms with Crippen molar-refractivity contribution < 1.29 is 5.11 Å². The molecular weight excluding hydrogens is 204 g/mol. The third kappa shape index (κ3) is 4.04. The molecule has 0 aliphatic rings. The van der Waals surface area contributed by atoms with Crippen LogP contribution in [0.5, 0.6) is 0 Å². The highest BCUT2D eigenvalue weighted by Crippen LogP contribution is 2.21. The molecule has 0 aliphatic heterocycles. The monoisotopic (exact) mass is 224 g/mol. The van der Waals surface area contributed by atoms with Crippen LogP contribution >= 0.6 is 0 Å². The first-order valence-corrected chi connectivity index (χ1v) is 5.35. The predicted molar refractivity (Wildman–Crippen MR) is 66.0 cm³/mol. The Morgan fingerprint density at radius 2 is 2.25 bits per heavy atom. The van der Waals surface area contributed by atoms with Gasteiger partial charge in [-0.05, 0) is 17.9 Å². The molecule has 0 aromatic carbocycles. The molecule has 0 spiro atoms. The third-order valence-corrected chi connectivity index (χ3v) is 2.47. The van der Waals surface area contributed by atoms with Crippen LogP contribution in [0.3, 0.4) is 0 Å². The zero-order valence-corrected chi connectivity index (χ0v) is 9.83. The van der Waals surface area contributed by atoms with Crippen molar-refractivity contribution in [3.63, 3.8) is 0 Å². The van der Waals surface area contributed by atoms with E-state index in [-0.39, 0.29) is 12.0 Å². The normalized spacial score (nSPS) is 11.2. The Bertz CT molecular complexity index is 328. The van der Waals surface area contributed by atoms with Gasteiger partial charge in [0.15, 0.2) is 0 Å². The topological polar surface area (TPSA) is 83.2 Å². The lowest BCUT2D eigenvalue weighted by molar-refractivity contribution is 0.220. The second kappa shape index (κ2) is 5.67. The average molecular weight is 224 g/mol. The van der Waals surface area contributed by atoms with Gasteiger partial charge < -0.3 is 15.8 Å². The standard InChI is InChI=1S/C11H20N4O/c1-11(2,4-6-16)8-14-9-3-5-13-10(7-9)15-12/h3,5,7,16H,4,6,8,12H2,1-2H3,(H2,13,14,15). The molecule has 1 rings (SSSR count). The number of aliphatic hydroxyl groups excluding tert-OH is 1. The maximum absolute atomic E-state index is 8.92. The predicted octanol–water partition coefficient (Wildman–Crippen LogP) is 1.19. The second-order valence-corrected chi connectivity index (χ2v) is 4.57. The van der Waals surface area contributed by atoms with Crippen LogP contribution in [-0.4, -0.2) is 23.2 Å². The molecule has 1 heterocycles. The van der Waals surface area contributed by atoms with Crippen molar-refractivity contribution in [1.29, 1.82) is 0 Å².